The van der Waals surface area contributed by atoms with Crippen LogP contribution in [0.3, 0.4) is 0 Å². The number of hydrogen-bond acceptors (Lipinski definition) is 5. The van der Waals surface area contributed by atoms with Gasteiger partial charge in [0, 0.05) is 5.69 Å². The Morgan fingerprint density at radius 1 is 1.04 bits per heavy atom. The van der Waals surface area contributed by atoms with Gasteiger partial charge in [-0.05, 0) is 30.7 Å². The molecule has 0 bridgehead atoms. The summed E-state index contributed by atoms with van der Waals surface area (Å²) in [5.74, 6) is -0.304. The number of nitrogen functional groups attached to an aromatic ring is 1. The number of benzene rings is 2. The number of para-hydroxylation sites is 2. The molecule has 2 rings (SSSR count). The molecule has 0 saturated heterocycles. The Labute approximate surface area is 159 Å². The maximum absolute atomic E-state index is 12.4. The highest BCUT2D eigenvalue weighted by Gasteiger charge is 2.11. The molecule has 0 saturated carbocycles. The molecule has 6 heteroatoms. The van der Waals surface area contributed by atoms with Gasteiger partial charge in [0.25, 0.3) is 5.91 Å². The maximum Gasteiger partial charge on any atom is 0.273 e. The van der Waals surface area contributed by atoms with E-state index < -0.39 is 5.91 Å². The molecule has 0 aliphatic carbocycles. The lowest BCUT2D eigenvalue weighted by atomic mass is 10.1. The van der Waals surface area contributed by atoms with Gasteiger partial charge in [0.05, 0.1) is 23.9 Å². The quantitative estimate of drug-likeness (QED) is 0.219. The Morgan fingerprint density at radius 3 is 2.48 bits per heavy atom. The van der Waals surface area contributed by atoms with Gasteiger partial charge in [-0.2, -0.15) is 5.10 Å². The zero-order valence-electron chi connectivity index (χ0n) is 15.5. The highest BCUT2D eigenvalue weighted by atomic mass is 16.5. The molecule has 3 N–H and O–H groups in total. The van der Waals surface area contributed by atoms with Crippen molar-refractivity contribution < 1.29 is 14.3 Å². The summed E-state index contributed by atoms with van der Waals surface area (Å²) in [6, 6.07) is 13.6. The highest BCUT2D eigenvalue weighted by molar-refractivity contribution is 6.36. The zero-order chi connectivity index (χ0) is 19.5. The van der Waals surface area contributed by atoms with Crippen molar-refractivity contribution in [2.45, 2.75) is 32.6 Å². The van der Waals surface area contributed by atoms with Gasteiger partial charge < -0.3 is 10.5 Å². The maximum atomic E-state index is 12.4. The number of carbonyl (C=O) groups is 2. The van der Waals surface area contributed by atoms with Gasteiger partial charge in [-0.25, -0.2) is 5.43 Å². The van der Waals surface area contributed by atoms with Crippen LogP contribution in [0.5, 0.6) is 5.75 Å². The second-order valence-corrected chi connectivity index (χ2v) is 6.06. The fourth-order valence-electron chi connectivity index (χ4n) is 2.49. The highest BCUT2D eigenvalue weighted by Crippen LogP contribution is 2.18. The van der Waals surface area contributed by atoms with Gasteiger partial charge in [0.1, 0.15) is 5.75 Å². The third-order valence-electron chi connectivity index (χ3n) is 3.96. The fourth-order valence-corrected chi connectivity index (χ4v) is 2.49. The van der Waals surface area contributed by atoms with E-state index >= 15 is 0 Å². The summed E-state index contributed by atoms with van der Waals surface area (Å²) in [6.07, 6.45) is 5.44. The van der Waals surface area contributed by atoms with Crippen molar-refractivity contribution in [3.63, 3.8) is 0 Å². The first-order valence-corrected chi connectivity index (χ1v) is 9.07. The smallest absolute Gasteiger partial charge is 0.273 e. The Morgan fingerprint density at radius 2 is 1.74 bits per heavy atom. The number of hydrogen-bond donors (Lipinski definition) is 2. The van der Waals surface area contributed by atoms with Gasteiger partial charge in [0.2, 0.25) is 5.78 Å². The van der Waals surface area contributed by atoms with Crippen molar-refractivity contribution in [2.75, 3.05) is 12.3 Å². The molecule has 1 amide bonds. The molecule has 0 heterocycles. The first-order chi connectivity index (χ1) is 13.1. The normalized spacial score (nSPS) is 10.7. The van der Waals surface area contributed by atoms with Gasteiger partial charge in [-0.3, -0.25) is 9.59 Å². The van der Waals surface area contributed by atoms with Gasteiger partial charge in [-0.1, -0.05) is 50.5 Å². The topological polar surface area (TPSA) is 93.8 Å². The second kappa shape index (κ2) is 10.8. The van der Waals surface area contributed by atoms with E-state index in [-0.39, 0.29) is 5.78 Å². The number of nitrogens with one attached hydrogen (secondary N) is 1. The first-order valence-electron chi connectivity index (χ1n) is 9.07. The Bertz CT molecular complexity index is 803. The monoisotopic (exact) mass is 367 g/mol. The molecule has 0 aromatic heterocycles. The van der Waals surface area contributed by atoms with E-state index in [0.717, 1.165) is 25.5 Å². The number of amides is 1. The van der Waals surface area contributed by atoms with Crippen LogP contribution in [0.15, 0.2) is 53.6 Å². The lowest BCUT2D eigenvalue weighted by molar-refractivity contribution is 0.0956. The summed E-state index contributed by atoms with van der Waals surface area (Å²) in [7, 11) is 0. The predicted molar refractivity (Wildman–Crippen MR) is 107 cm³/mol. The van der Waals surface area contributed by atoms with E-state index in [1.165, 1.54) is 6.42 Å². The second-order valence-electron chi connectivity index (χ2n) is 6.06. The van der Waals surface area contributed by atoms with Crippen molar-refractivity contribution in [3.8, 4) is 5.75 Å². The van der Waals surface area contributed by atoms with E-state index in [0.29, 0.717) is 29.2 Å². The third kappa shape index (κ3) is 6.26. The molecular weight excluding hydrogens is 342 g/mol. The third-order valence-corrected chi connectivity index (χ3v) is 3.96. The molecular formula is C21H25N3O3. The van der Waals surface area contributed by atoms with Crippen LogP contribution in [0.4, 0.5) is 5.69 Å². The molecule has 0 unspecified atom stereocenters. The predicted octanol–water partition coefficient (Wildman–Crippen LogP) is 3.83. The Kier molecular flexibility index (Phi) is 8.03. The summed E-state index contributed by atoms with van der Waals surface area (Å²) in [5.41, 5.74) is 9.12. The van der Waals surface area contributed by atoms with Crippen LogP contribution in [0.25, 0.3) is 0 Å². The van der Waals surface area contributed by atoms with Crippen LogP contribution in [-0.2, 0) is 0 Å². The Balaban J connectivity index is 1.94. The van der Waals surface area contributed by atoms with Crippen LogP contribution in [0, 0.1) is 0 Å². The van der Waals surface area contributed by atoms with Crippen molar-refractivity contribution in [3.05, 3.63) is 59.7 Å². The molecule has 0 aliphatic rings. The lowest BCUT2D eigenvalue weighted by Crippen LogP contribution is -2.20. The number of rotatable bonds is 10. The number of nitrogens with two attached hydrogens (primary N) is 1. The molecule has 2 aromatic rings. The number of unbranched alkanes of at least 4 members (excludes halogenated alkanes) is 3. The molecule has 142 valence electrons. The zero-order valence-corrected chi connectivity index (χ0v) is 15.5. The number of hydrazone groups is 1. The van der Waals surface area contributed by atoms with Crippen LogP contribution in [0.2, 0.25) is 0 Å². The summed E-state index contributed by atoms with van der Waals surface area (Å²) < 4.78 is 5.73. The fraction of sp³-hybridized carbons (Fsp3) is 0.286. The first kappa shape index (κ1) is 20.2. The number of carbonyl (C=O) groups excluding carboxylic acids is 2. The average molecular weight is 367 g/mol. The van der Waals surface area contributed by atoms with E-state index in [4.69, 9.17) is 10.5 Å². The number of nitrogens with zero attached hydrogens (tertiary/aromatic N) is 1. The molecule has 6 nitrogen and oxygen atoms in total. The van der Waals surface area contributed by atoms with E-state index in [1.54, 1.807) is 42.5 Å². The molecule has 2 aromatic carbocycles. The summed E-state index contributed by atoms with van der Waals surface area (Å²) >= 11 is 0. The summed E-state index contributed by atoms with van der Waals surface area (Å²) in [4.78, 5) is 24.4. The Hall–Kier alpha value is -3.15. The van der Waals surface area contributed by atoms with Crippen molar-refractivity contribution in [1.29, 1.82) is 0 Å². The van der Waals surface area contributed by atoms with Crippen LogP contribution < -0.4 is 15.9 Å². The minimum Gasteiger partial charge on any atom is -0.493 e. The standard InChI is InChI=1S/C21H25N3O3/c1-2-3-4-9-14-27-20-13-8-6-11-17(20)19(25)15-23-24-21(26)16-10-5-7-12-18(16)22/h5-8,10-13,15H,2-4,9,14,22H2,1H3,(H,24,26)/b23-15-. The average Bonchev–Trinajstić information content (AvgIpc) is 2.68. The molecule has 27 heavy (non-hydrogen) atoms. The van der Waals surface area contributed by atoms with E-state index in [9.17, 15) is 9.59 Å². The minimum atomic E-state index is -0.474. The van der Waals surface area contributed by atoms with Crippen molar-refractivity contribution in [2.24, 2.45) is 5.10 Å². The van der Waals surface area contributed by atoms with Gasteiger partial charge >= 0.3 is 0 Å². The summed E-state index contributed by atoms with van der Waals surface area (Å²) in [5, 5.41) is 3.74. The molecule has 0 atom stereocenters. The molecule has 0 fully saturated rings. The largest absolute Gasteiger partial charge is 0.493 e. The van der Waals surface area contributed by atoms with Crippen molar-refractivity contribution in [1.82, 2.24) is 5.43 Å². The van der Waals surface area contributed by atoms with Crippen LogP contribution >= 0.6 is 0 Å². The molecule has 0 spiro atoms. The number of Topliss-reactive ketones (excluding diaryl/α,β-unsaturated/α-hetero) is 1. The van der Waals surface area contributed by atoms with Crippen molar-refractivity contribution >= 4 is 23.6 Å². The van der Waals surface area contributed by atoms with Gasteiger partial charge in [0.15, 0.2) is 0 Å². The van der Waals surface area contributed by atoms with E-state index in [2.05, 4.69) is 17.5 Å². The van der Waals surface area contributed by atoms with Crippen LogP contribution in [-0.4, -0.2) is 24.5 Å². The van der Waals surface area contributed by atoms with Crippen LogP contribution in [0.1, 0.15) is 53.3 Å². The van der Waals surface area contributed by atoms with Gasteiger partial charge in [-0.15, -0.1) is 0 Å². The minimum absolute atomic E-state index is 0.304. The number of anilines is 1. The summed E-state index contributed by atoms with van der Waals surface area (Å²) in [6.45, 7) is 2.71. The lowest BCUT2D eigenvalue weighted by Gasteiger charge is -2.09. The molecule has 0 radical (unpaired) electrons. The molecule has 0 aliphatic heterocycles. The number of ketones is 1. The number of ether oxygens (including phenoxy) is 1. The van der Waals surface area contributed by atoms with E-state index in [1.807, 2.05) is 6.07 Å². The SMILES string of the molecule is CCCCCCOc1ccccc1C(=O)/C=N\NC(=O)c1ccccc1N.